The highest BCUT2D eigenvalue weighted by Crippen LogP contribution is 2.01. The quantitative estimate of drug-likeness (QED) is 0.647. The molecule has 0 radical (unpaired) electrons. The number of hydrogen-bond acceptors (Lipinski definition) is 3. The third kappa shape index (κ3) is 3.38. The fraction of sp³-hybridized carbons (Fsp3) is 0.300. The number of rotatable bonds is 3. The zero-order valence-corrected chi connectivity index (χ0v) is 8.84. The van der Waals surface area contributed by atoms with Crippen molar-refractivity contribution in [2.45, 2.75) is 13.5 Å². The van der Waals surface area contributed by atoms with Crippen LogP contribution in [0.5, 0.6) is 0 Å². The van der Waals surface area contributed by atoms with Crippen LogP contribution in [0.4, 0.5) is 0 Å². The van der Waals surface area contributed by atoms with Gasteiger partial charge in [-0.2, -0.15) is 0 Å². The minimum Gasteiger partial charge on any atom is -0.423 e. The van der Waals surface area contributed by atoms with Gasteiger partial charge in [-0.3, -0.25) is 4.79 Å². The van der Waals surface area contributed by atoms with Gasteiger partial charge in [-0.05, 0) is 11.0 Å². The van der Waals surface area contributed by atoms with Crippen LogP contribution in [0, 0.1) is 0 Å². The van der Waals surface area contributed by atoms with Gasteiger partial charge in [0, 0.05) is 20.5 Å². The molecule has 0 bridgehead atoms. The lowest BCUT2D eigenvalue weighted by atomic mass is 9.80. The topological polar surface area (TPSA) is 60.8 Å². The summed E-state index contributed by atoms with van der Waals surface area (Å²) in [6, 6.07) is 6.81. The van der Waals surface area contributed by atoms with Crippen molar-refractivity contribution >= 4 is 18.5 Å². The van der Waals surface area contributed by atoms with Crippen molar-refractivity contribution in [3.8, 4) is 0 Å². The largest absolute Gasteiger partial charge is 0.488 e. The summed E-state index contributed by atoms with van der Waals surface area (Å²) in [7, 11) is 0.279. The highest BCUT2D eigenvalue weighted by atomic mass is 16.4. The number of carbonyl (C=O) groups is 1. The molecule has 0 aliphatic heterocycles. The van der Waals surface area contributed by atoms with Crippen LogP contribution in [0.1, 0.15) is 12.5 Å². The summed E-state index contributed by atoms with van der Waals surface area (Å²) < 4.78 is 0. The molecule has 1 aromatic rings. The normalized spacial score (nSPS) is 9.87. The standard InChI is InChI=1S/C10H14BNO3/c1-8(13)12(2)7-9-3-5-10(6-4-9)11(14)15/h3-6,14-15H,7H2,1-2H3. The minimum absolute atomic E-state index is 0.00118. The molecule has 0 aromatic heterocycles. The lowest BCUT2D eigenvalue weighted by Gasteiger charge is -2.14. The molecule has 0 spiro atoms. The van der Waals surface area contributed by atoms with Crippen molar-refractivity contribution < 1.29 is 14.8 Å². The van der Waals surface area contributed by atoms with Crippen LogP contribution in [-0.4, -0.2) is 35.0 Å². The van der Waals surface area contributed by atoms with Gasteiger partial charge in [-0.1, -0.05) is 24.3 Å². The van der Waals surface area contributed by atoms with E-state index in [0.717, 1.165) is 5.56 Å². The van der Waals surface area contributed by atoms with Crippen molar-refractivity contribution in [3.63, 3.8) is 0 Å². The predicted molar refractivity (Wildman–Crippen MR) is 58.4 cm³/mol. The molecule has 1 rings (SSSR count). The van der Waals surface area contributed by atoms with Gasteiger partial charge >= 0.3 is 7.12 Å². The first-order valence-electron chi connectivity index (χ1n) is 4.67. The molecule has 0 aliphatic rings. The molecule has 1 aromatic carbocycles. The first-order chi connectivity index (χ1) is 7.00. The Morgan fingerprint density at radius 1 is 1.33 bits per heavy atom. The second-order valence-electron chi connectivity index (χ2n) is 3.49. The van der Waals surface area contributed by atoms with E-state index in [1.54, 1.807) is 36.2 Å². The van der Waals surface area contributed by atoms with E-state index in [4.69, 9.17) is 10.0 Å². The summed E-state index contributed by atoms with van der Waals surface area (Å²) in [5.41, 5.74) is 1.40. The van der Waals surface area contributed by atoms with E-state index in [1.807, 2.05) is 0 Å². The molecule has 4 nitrogen and oxygen atoms in total. The lowest BCUT2D eigenvalue weighted by molar-refractivity contribution is -0.128. The Kier molecular flexibility index (Phi) is 3.88. The van der Waals surface area contributed by atoms with Crippen molar-refractivity contribution in [3.05, 3.63) is 29.8 Å². The molecule has 0 unspecified atom stereocenters. The molecule has 0 heterocycles. The Hall–Kier alpha value is -1.33. The SMILES string of the molecule is CC(=O)N(C)Cc1ccc(B(O)O)cc1. The van der Waals surface area contributed by atoms with Gasteiger partial charge in [0.15, 0.2) is 0 Å². The van der Waals surface area contributed by atoms with Crippen LogP contribution in [-0.2, 0) is 11.3 Å². The minimum atomic E-state index is -1.44. The van der Waals surface area contributed by atoms with Crippen LogP contribution in [0.25, 0.3) is 0 Å². The van der Waals surface area contributed by atoms with Crippen molar-refractivity contribution in [1.82, 2.24) is 4.90 Å². The van der Waals surface area contributed by atoms with E-state index < -0.39 is 7.12 Å². The third-order valence-electron chi connectivity index (χ3n) is 2.24. The van der Waals surface area contributed by atoms with Gasteiger partial charge in [-0.15, -0.1) is 0 Å². The molecular weight excluding hydrogens is 193 g/mol. The molecule has 1 amide bonds. The molecule has 0 saturated heterocycles. The van der Waals surface area contributed by atoms with Crippen LogP contribution in [0.2, 0.25) is 0 Å². The zero-order valence-electron chi connectivity index (χ0n) is 8.84. The van der Waals surface area contributed by atoms with Crippen LogP contribution in [0.15, 0.2) is 24.3 Å². The molecular formula is C10H14BNO3. The number of carbonyl (C=O) groups excluding carboxylic acids is 1. The highest BCUT2D eigenvalue weighted by Gasteiger charge is 2.10. The van der Waals surface area contributed by atoms with Gasteiger partial charge < -0.3 is 14.9 Å². The Labute approximate surface area is 89.3 Å². The monoisotopic (exact) mass is 207 g/mol. The molecule has 0 saturated carbocycles. The predicted octanol–water partition coefficient (Wildman–Crippen LogP) is -0.655. The summed E-state index contributed by atoms with van der Waals surface area (Å²) >= 11 is 0. The summed E-state index contributed by atoms with van der Waals surface area (Å²) in [4.78, 5) is 12.6. The fourth-order valence-corrected chi connectivity index (χ4v) is 1.18. The Balaban J connectivity index is 2.68. The van der Waals surface area contributed by atoms with Crippen LogP contribution < -0.4 is 5.46 Å². The summed E-state index contributed by atoms with van der Waals surface area (Å²) in [5.74, 6) is 0.00118. The van der Waals surface area contributed by atoms with Gasteiger partial charge in [0.2, 0.25) is 5.91 Å². The molecule has 0 atom stereocenters. The Morgan fingerprint density at radius 3 is 2.27 bits per heavy atom. The van der Waals surface area contributed by atoms with Gasteiger partial charge in [0.25, 0.3) is 0 Å². The summed E-state index contributed by atoms with van der Waals surface area (Å²) in [5, 5.41) is 17.8. The second kappa shape index (κ2) is 4.95. The van der Waals surface area contributed by atoms with Crippen LogP contribution in [0.3, 0.4) is 0 Å². The van der Waals surface area contributed by atoms with E-state index in [0.29, 0.717) is 12.0 Å². The fourth-order valence-electron chi connectivity index (χ4n) is 1.18. The van der Waals surface area contributed by atoms with Gasteiger partial charge in [0.1, 0.15) is 0 Å². The maximum atomic E-state index is 11.0. The maximum Gasteiger partial charge on any atom is 0.488 e. The summed E-state index contributed by atoms with van der Waals surface area (Å²) in [6.45, 7) is 2.03. The summed E-state index contributed by atoms with van der Waals surface area (Å²) in [6.07, 6.45) is 0. The molecule has 2 N–H and O–H groups in total. The lowest BCUT2D eigenvalue weighted by Crippen LogP contribution is -2.30. The highest BCUT2D eigenvalue weighted by molar-refractivity contribution is 6.58. The number of amides is 1. The van der Waals surface area contributed by atoms with E-state index in [-0.39, 0.29) is 5.91 Å². The molecule has 0 aliphatic carbocycles. The van der Waals surface area contributed by atoms with Crippen LogP contribution >= 0.6 is 0 Å². The van der Waals surface area contributed by atoms with Crippen molar-refractivity contribution in [2.75, 3.05) is 7.05 Å². The van der Waals surface area contributed by atoms with E-state index >= 15 is 0 Å². The number of hydrogen-bond donors (Lipinski definition) is 2. The second-order valence-corrected chi connectivity index (χ2v) is 3.49. The van der Waals surface area contributed by atoms with E-state index in [9.17, 15) is 4.79 Å². The smallest absolute Gasteiger partial charge is 0.423 e. The average Bonchev–Trinajstić information content (AvgIpc) is 2.18. The first-order valence-corrected chi connectivity index (χ1v) is 4.67. The Bertz CT molecular complexity index is 337. The van der Waals surface area contributed by atoms with Crippen molar-refractivity contribution in [2.24, 2.45) is 0 Å². The number of benzene rings is 1. The zero-order chi connectivity index (χ0) is 11.4. The average molecular weight is 207 g/mol. The molecule has 5 heteroatoms. The van der Waals surface area contributed by atoms with Crippen molar-refractivity contribution in [1.29, 1.82) is 0 Å². The number of nitrogens with zero attached hydrogens (tertiary/aromatic N) is 1. The first kappa shape index (κ1) is 11.7. The van der Waals surface area contributed by atoms with E-state index in [2.05, 4.69) is 0 Å². The van der Waals surface area contributed by atoms with Gasteiger partial charge in [0.05, 0.1) is 0 Å². The molecule has 80 valence electrons. The third-order valence-corrected chi connectivity index (χ3v) is 2.24. The van der Waals surface area contributed by atoms with E-state index in [1.165, 1.54) is 6.92 Å². The Morgan fingerprint density at radius 2 is 1.87 bits per heavy atom. The maximum absolute atomic E-state index is 11.0. The molecule has 15 heavy (non-hydrogen) atoms. The van der Waals surface area contributed by atoms with Gasteiger partial charge in [-0.25, -0.2) is 0 Å². The molecule has 0 fully saturated rings.